The molecular weight excluding hydrogens is 246 g/mol. The smallest absolute Gasteiger partial charge is 0.340 e. The maximum Gasteiger partial charge on any atom is 0.340 e. The number of carbonyl (C=O) groups is 1. The fourth-order valence-electron chi connectivity index (χ4n) is 1.78. The summed E-state index contributed by atoms with van der Waals surface area (Å²) in [5.74, 6) is 0.490. The molecule has 1 aromatic rings. The average molecular weight is 267 g/mol. The highest BCUT2D eigenvalue weighted by Crippen LogP contribution is 2.32. The van der Waals surface area contributed by atoms with Crippen LogP contribution in [0.1, 0.15) is 37.0 Å². The van der Waals surface area contributed by atoms with Crippen LogP contribution >= 0.6 is 0 Å². The molecule has 1 unspecified atom stereocenters. The van der Waals surface area contributed by atoms with Gasteiger partial charge in [-0.05, 0) is 13.3 Å². The van der Waals surface area contributed by atoms with Gasteiger partial charge in [-0.25, -0.2) is 4.79 Å². The van der Waals surface area contributed by atoms with Crippen LogP contribution in [0.3, 0.4) is 0 Å². The molecule has 0 amide bonds. The second-order valence-electron chi connectivity index (χ2n) is 4.30. The van der Waals surface area contributed by atoms with Crippen molar-refractivity contribution in [1.29, 1.82) is 0 Å². The summed E-state index contributed by atoms with van der Waals surface area (Å²) in [4.78, 5) is 12.0. The number of benzene rings is 1. The minimum atomic E-state index is -0.445. The highest BCUT2D eigenvalue weighted by atomic mass is 16.5. The molecule has 0 aliphatic carbocycles. The number of anilines is 1. The molecule has 1 aromatic carbocycles. The first-order valence-electron chi connectivity index (χ1n) is 6.25. The maximum absolute atomic E-state index is 12.0. The first kappa shape index (κ1) is 15.1. The lowest BCUT2D eigenvalue weighted by Gasteiger charge is -2.15. The molecule has 0 saturated heterocycles. The first-order valence-corrected chi connectivity index (χ1v) is 6.25. The third-order valence-electron chi connectivity index (χ3n) is 2.78. The van der Waals surface area contributed by atoms with Crippen molar-refractivity contribution in [2.24, 2.45) is 0 Å². The minimum Gasteiger partial charge on any atom is -0.493 e. The molecule has 0 aromatic heterocycles. The Morgan fingerprint density at radius 2 is 1.84 bits per heavy atom. The zero-order valence-corrected chi connectivity index (χ0v) is 11.9. The molecule has 1 atom stereocenters. The molecule has 0 spiro atoms. The Bertz CT molecular complexity index is 445. The third-order valence-corrected chi connectivity index (χ3v) is 2.78. The van der Waals surface area contributed by atoms with E-state index in [4.69, 9.17) is 19.9 Å². The van der Waals surface area contributed by atoms with Gasteiger partial charge < -0.3 is 19.9 Å². The van der Waals surface area contributed by atoms with E-state index in [9.17, 15) is 4.79 Å². The first-order chi connectivity index (χ1) is 9.03. The number of nitrogens with two attached hydrogens (primary N) is 1. The van der Waals surface area contributed by atoms with Gasteiger partial charge in [0.15, 0.2) is 11.5 Å². The molecule has 0 fully saturated rings. The van der Waals surface area contributed by atoms with Crippen LogP contribution in [0.5, 0.6) is 11.5 Å². The van der Waals surface area contributed by atoms with Gasteiger partial charge in [0.05, 0.1) is 31.6 Å². The number of hydrogen-bond acceptors (Lipinski definition) is 5. The monoisotopic (exact) mass is 267 g/mol. The standard InChI is InChI=1S/C14H21NO4/c1-5-6-9(2)19-14(16)10-7-12(17-3)13(18-4)8-11(10)15/h7-9H,5-6,15H2,1-4H3. The van der Waals surface area contributed by atoms with Crippen molar-refractivity contribution in [2.75, 3.05) is 20.0 Å². The number of esters is 1. The van der Waals surface area contributed by atoms with Crippen LogP contribution in [-0.4, -0.2) is 26.3 Å². The molecule has 0 radical (unpaired) electrons. The Morgan fingerprint density at radius 3 is 2.37 bits per heavy atom. The lowest BCUT2D eigenvalue weighted by atomic mass is 10.1. The lowest BCUT2D eigenvalue weighted by molar-refractivity contribution is 0.0324. The van der Waals surface area contributed by atoms with Crippen molar-refractivity contribution in [2.45, 2.75) is 32.8 Å². The Labute approximate surface area is 113 Å². The predicted molar refractivity (Wildman–Crippen MR) is 73.7 cm³/mol. The molecule has 0 heterocycles. The van der Waals surface area contributed by atoms with Crippen LogP contribution < -0.4 is 15.2 Å². The summed E-state index contributed by atoms with van der Waals surface area (Å²) in [6.45, 7) is 3.90. The molecule has 0 aliphatic rings. The predicted octanol–water partition coefficient (Wildman–Crippen LogP) is 2.63. The lowest BCUT2D eigenvalue weighted by Crippen LogP contribution is -2.16. The Morgan fingerprint density at radius 1 is 1.26 bits per heavy atom. The molecule has 0 aliphatic heterocycles. The topological polar surface area (TPSA) is 70.8 Å². The highest BCUT2D eigenvalue weighted by Gasteiger charge is 2.18. The SMILES string of the molecule is CCCC(C)OC(=O)c1cc(OC)c(OC)cc1N. The Kier molecular flexibility index (Phi) is 5.48. The van der Waals surface area contributed by atoms with Gasteiger partial charge in [0, 0.05) is 12.1 Å². The maximum atomic E-state index is 12.0. The summed E-state index contributed by atoms with van der Waals surface area (Å²) < 4.78 is 15.6. The quantitative estimate of drug-likeness (QED) is 0.633. The highest BCUT2D eigenvalue weighted by molar-refractivity contribution is 5.96. The van der Waals surface area contributed by atoms with Crippen LogP contribution in [0.25, 0.3) is 0 Å². The van der Waals surface area contributed by atoms with Crippen LogP contribution in [-0.2, 0) is 4.74 Å². The van der Waals surface area contributed by atoms with Gasteiger partial charge in [0.25, 0.3) is 0 Å². The number of hydrogen-bond donors (Lipinski definition) is 1. The van der Waals surface area contributed by atoms with Gasteiger partial charge in [0.2, 0.25) is 0 Å². The van der Waals surface area contributed by atoms with E-state index in [2.05, 4.69) is 0 Å². The van der Waals surface area contributed by atoms with E-state index in [1.165, 1.54) is 20.3 Å². The number of nitrogen functional groups attached to an aromatic ring is 1. The van der Waals surface area contributed by atoms with E-state index in [0.717, 1.165) is 12.8 Å². The van der Waals surface area contributed by atoms with Crippen molar-refractivity contribution >= 4 is 11.7 Å². The molecular formula is C14H21NO4. The van der Waals surface area contributed by atoms with E-state index in [-0.39, 0.29) is 6.10 Å². The van der Waals surface area contributed by atoms with Gasteiger partial charge in [-0.1, -0.05) is 13.3 Å². The van der Waals surface area contributed by atoms with E-state index in [0.29, 0.717) is 22.7 Å². The van der Waals surface area contributed by atoms with Crippen molar-refractivity contribution in [3.05, 3.63) is 17.7 Å². The molecule has 1 rings (SSSR count). The zero-order chi connectivity index (χ0) is 14.4. The van der Waals surface area contributed by atoms with Crippen LogP contribution in [0.15, 0.2) is 12.1 Å². The summed E-state index contributed by atoms with van der Waals surface area (Å²) in [7, 11) is 3.02. The summed E-state index contributed by atoms with van der Waals surface area (Å²) in [5, 5.41) is 0. The van der Waals surface area contributed by atoms with Crippen molar-refractivity contribution in [1.82, 2.24) is 0 Å². The minimum absolute atomic E-state index is 0.134. The van der Waals surface area contributed by atoms with E-state index < -0.39 is 5.97 Å². The van der Waals surface area contributed by atoms with Crippen LogP contribution in [0.2, 0.25) is 0 Å². The van der Waals surface area contributed by atoms with E-state index in [1.807, 2.05) is 13.8 Å². The summed E-state index contributed by atoms with van der Waals surface area (Å²) >= 11 is 0. The summed E-state index contributed by atoms with van der Waals surface area (Å²) in [5.41, 5.74) is 6.44. The second kappa shape index (κ2) is 6.87. The molecule has 2 N–H and O–H groups in total. The zero-order valence-electron chi connectivity index (χ0n) is 11.9. The second-order valence-corrected chi connectivity index (χ2v) is 4.30. The molecule has 0 bridgehead atoms. The molecule has 5 heteroatoms. The number of rotatable bonds is 6. The van der Waals surface area contributed by atoms with E-state index >= 15 is 0 Å². The van der Waals surface area contributed by atoms with Gasteiger partial charge in [-0.3, -0.25) is 0 Å². The van der Waals surface area contributed by atoms with Crippen molar-refractivity contribution < 1.29 is 19.0 Å². The van der Waals surface area contributed by atoms with Gasteiger partial charge >= 0.3 is 5.97 Å². The number of methoxy groups -OCH3 is 2. The molecule has 0 saturated carbocycles. The number of carbonyl (C=O) groups excluding carboxylic acids is 1. The van der Waals surface area contributed by atoms with Gasteiger partial charge in [-0.15, -0.1) is 0 Å². The fraction of sp³-hybridized carbons (Fsp3) is 0.500. The van der Waals surface area contributed by atoms with Gasteiger partial charge in [0.1, 0.15) is 0 Å². The fourth-order valence-corrected chi connectivity index (χ4v) is 1.78. The third kappa shape index (κ3) is 3.77. The molecule has 19 heavy (non-hydrogen) atoms. The average Bonchev–Trinajstić information content (AvgIpc) is 2.38. The molecule has 5 nitrogen and oxygen atoms in total. The number of ether oxygens (including phenoxy) is 3. The van der Waals surface area contributed by atoms with Gasteiger partial charge in [-0.2, -0.15) is 0 Å². The van der Waals surface area contributed by atoms with Crippen LogP contribution in [0, 0.1) is 0 Å². The largest absolute Gasteiger partial charge is 0.493 e. The molecule has 106 valence electrons. The Hall–Kier alpha value is -1.91. The van der Waals surface area contributed by atoms with Crippen molar-refractivity contribution in [3.63, 3.8) is 0 Å². The Balaban J connectivity index is 2.96. The van der Waals surface area contributed by atoms with Crippen LogP contribution in [0.4, 0.5) is 5.69 Å². The van der Waals surface area contributed by atoms with E-state index in [1.54, 1.807) is 6.07 Å². The summed E-state index contributed by atoms with van der Waals surface area (Å²) in [6, 6.07) is 3.09. The summed E-state index contributed by atoms with van der Waals surface area (Å²) in [6.07, 6.45) is 1.64. The normalized spacial score (nSPS) is 11.8. The van der Waals surface area contributed by atoms with Crippen molar-refractivity contribution in [3.8, 4) is 11.5 Å².